The van der Waals surface area contributed by atoms with Crippen LogP contribution in [0.2, 0.25) is 0 Å². The second-order valence-corrected chi connectivity index (χ2v) is 8.65. The van der Waals surface area contributed by atoms with Crippen molar-refractivity contribution in [3.63, 3.8) is 0 Å². The number of ether oxygens (including phenoxy) is 3. The van der Waals surface area contributed by atoms with Crippen molar-refractivity contribution in [1.82, 2.24) is 14.7 Å². The molecule has 0 unspecified atom stereocenters. The number of terminal acetylenes is 1. The van der Waals surface area contributed by atoms with E-state index in [4.69, 9.17) is 25.7 Å². The Hall–Kier alpha value is -3.31. The Morgan fingerprint density at radius 2 is 1.94 bits per heavy atom. The molecule has 3 aromatic rings. The molecule has 1 aromatic heterocycles. The summed E-state index contributed by atoms with van der Waals surface area (Å²) in [4.78, 5) is 2.30. The van der Waals surface area contributed by atoms with Crippen molar-refractivity contribution in [3.8, 4) is 35.4 Å². The SMILES string of the molecule is C#CCOC[C@H](O)CN(Cc1c(CC)nn(-c2ccccc2)c1Oc1cccc(OC)c1)C1CC1. The Morgan fingerprint density at radius 3 is 2.63 bits per heavy atom. The van der Waals surface area contributed by atoms with Gasteiger partial charge in [-0.15, -0.1) is 6.42 Å². The maximum absolute atomic E-state index is 10.6. The molecule has 184 valence electrons. The van der Waals surface area contributed by atoms with Gasteiger partial charge in [-0.25, -0.2) is 4.68 Å². The number of hydrogen-bond donors (Lipinski definition) is 1. The van der Waals surface area contributed by atoms with Gasteiger partial charge in [-0.3, -0.25) is 4.90 Å². The number of aliphatic hydroxyl groups is 1. The summed E-state index contributed by atoms with van der Waals surface area (Å²) < 4.78 is 19.1. The number of aromatic nitrogens is 2. The average Bonchev–Trinajstić information content (AvgIpc) is 3.68. The quantitative estimate of drug-likeness (QED) is 0.295. The monoisotopic (exact) mass is 475 g/mol. The van der Waals surface area contributed by atoms with Gasteiger partial charge >= 0.3 is 0 Å². The fraction of sp³-hybridized carbons (Fsp3) is 0.393. The van der Waals surface area contributed by atoms with E-state index in [-0.39, 0.29) is 13.2 Å². The molecule has 0 aliphatic heterocycles. The first-order chi connectivity index (χ1) is 17.1. The van der Waals surface area contributed by atoms with Gasteiger partial charge in [0.05, 0.1) is 36.8 Å². The van der Waals surface area contributed by atoms with Crippen LogP contribution in [0.5, 0.6) is 17.4 Å². The van der Waals surface area contributed by atoms with Gasteiger partial charge in [0.2, 0.25) is 5.88 Å². The fourth-order valence-corrected chi connectivity index (χ4v) is 4.11. The first kappa shape index (κ1) is 24.8. The Labute approximate surface area is 207 Å². The van der Waals surface area contributed by atoms with E-state index in [1.807, 2.05) is 59.3 Å². The summed E-state index contributed by atoms with van der Waals surface area (Å²) >= 11 is 0. The maximum atomic E-state index is 10.6. The van der Waals surface area contributed by atoms with E-state index in [0.717, 1.165) is 42.0 Å². The summed E-state index contributed by atoms with van der Waals surface area (Å²) in [6.07, 6.45) is 7.61. The average molecular weight is 476 g/mol. The molecule has 0 bridgehead atoms. The second-order valence-electron chi connectivity index (χ2n) is 8.65. The number of aliphatic hydroxyl groups excluding tert-OH is 1. The molecule has 1 aliphatic rings. The van der Waals surface area contributed by atoms with Gasteiger partial charge < -0.3 is 19.3 Å². The summed E-state index contributed by atoms with van der Waals surface area (Å²) in [7, 11) is 1.64. The zero-order valence-electron chi connectivity index (χ0n) is 20.4. The van der Waals surface area contributed by atoms with Crippen molar-refractivity contribution in [3.05, 3.63) is 65.9 Å². The number of hydrogen-bond acceptors (Lipinski definition) is 6. The van der Waals surface area contributed by atoms with Crippen LogP contribution in [0.3, 0.4) is 0 Å². The lowest BCUT2D eigenvalue weighted by molar-refractivity contribution is 0.0240. The highest BCUT2D eigenvalue weighted by Crippen LogP contribution is 2.36. The molecule has 0 amide bonds. The summed E-state index contributed by atoms with van der Waals surface area (Å²) in [5.41, 5.74) is 2.91. The van der Waals surface area contributed by atoms with Crippen LogP contribution in [0.15, 0.2) is 54.6 Å². The number of benzene rings is 2. The van der Waals surface area contributed by atoms with Gasteiger partial charge in [0.15, 0.2) is 0 Å². The molecule has 35 heavy (non-hydrogen) atoms. The Kier molecular flexibility index (Phi) is 8.43. The van der Waals surface area contributed by atoms with Crippen molar-refractivity contribution in [2.24, 2.45) is 0 Å². The third-order valence-corrected chi connectivity index (χ3v) is 5.98. The highest BCUT2D eigenvalue weighted by Gasteiger charge is 2.33. The van der Waals surface area contributed by atoms with E-state index >= 15 is 0 Å². The van der Waals surface area contributed by atoms with Crippen molar-refractivity contribution < 1.29 is 19.3 Å². The molecule has 0 spiro atoms. The van der Waals surface area contributed by atoms with E-state index in [1.54, 1.807) is 7.11 Å². The number of methoxy groups -OCH3 is 1. The van der Waals surface area contributed by atoms with E-state index < -0.39 is 6.10 Å². The van der Waals surface area contributed by atoms with E-state index in [1.165, 1.54) is 0 Å². The number of para-hydroxylation sites is 1. The summed E-state index contributed by atoms with van der Waals surface area (Å²) in [5.74, 6) is 4.51. The second kappa shape index (κ2) is 11.9. The molecule has 0 saturated heterocycles. The lowest BCUT2D eigenvalue weighted by Gasteiger charge is -2.25. The molecule has 1 saturated carbocycles. The molecule has 0 radical (unpaired) electrons. The normalized spacial score (nSPS) is 14.0. The minimum Gasteiger partial charge on any atom is -0.497 e. The molecule has 4 rings (SSSR count). The van der Waals surface area contributed by atoms with Crippen LogP contribution in [-0.2, 0) is 17.7 Å². The van der Waals surface area contributed by atoms with Crippen molar-refractivity contribution in [2.45, 2.75) is 44.9 Å². The molecule has 2 aromatic carbocycles. The molecule has 1 N–H and O–H groups in total. The van der Waals surface area contributed by atoms with E-state index in [0.29, 0.717) is 30.8 Å². The van der Waals surface area contributed by atoms with E-state index in [9.17, 15) is 5.11 Å². The molecule has 1 atom stereocenters. The van der Waals surface area contributed by atoms with Crippen LogP contribution >= 0.6 is 0 Å². The number of nitrogens with zero attached hydrogens (tertiary/aromatic N) is 3. The van der Waals surface area contributed by atoms with Crippen LogP contribution in [-0.4, -0.2) is 58.8 Å². The zero-order chi connectivity index (χ0) is 24.6. The Morgan fingerprint density at radius 1 is 1.17 bits per heavy atom. The third-order valence-electron chi connectivity index (χ3n) is 5.98. The highest BCUT2D eigenvalue weighted by atomic mass is 16.5. The van der Waals surface area contributed by atoms with Gasteiger partial charge in [0, 0.05) is 25.2 Å². The van der Waals surface area contributed by atoms with Crippen LogP contribution in [0.25, 0.3) is 5.69 Å². The largest absolute Gasteiger partial charge is 0.497 e. The van der Waals surface area contributed by atoms with Crippen LogP contribution in [0.1, 0.15) is 31.0 Å². The first-order valence-corrected chi connectivity index (χ1v) is 12.0. The smallest absolute Gasteiger partial charge is 0.227 e. The summed E-state index contributed by atoms with van der Waals surface area (Å²) in [6.45, 7) is 3.62. The molecular weight excluding hydrogens is 442 g/mol. The van der Waals surface area contributed by atoms with Crippen LogP contribution in [0, 0.1) is 12.3 Å². The predicted octanol–water partition coefficient (Wildman–Crippen LogP) is 4.21. The third kappa shape index (κ3) is 6.43. The van der Waals surface area contributed by atoms with Crippen molar-refractivity contribution in [2.75, 3.05) is 26.9 Å². The first-order valence-electron chi connectivity index (χ1n) is 12.0. The van der Waals surface area contributed by atoms with Gasteiger partial charge in [-0.05, 0) is 43.5 Å². The van der Waals surface area contributed by atoms with Crippen LogP contribution < -0.4 is 9.47 Å². The lowest BCUT2D eigenvalue weighted by atomic mass is 10.1. The van der Waals surface area contributed by atoms with Gasteiger partial charge in [0.25, 0.3) is 0 Å². The standard InChI is InChI=1S/C28H33N3O4/c1-4-16-34-20-23(32)18-30(21-14-15-21)19-26-27(5-2)29-31(22-10-7-6-8-11-22)28(26)35-25-13-9-12-24(17-25)33-3/h1,6-13,17,21,23,32H,5,14-16,18-20H2,2-3H3/t23-/m1/s1. The number of rotatable bonds is 13. The van der Waals surface area contributed by atoms with Gasteiger partial charge in [0.1, 0.15) is 18.1 Å². The molecule has 1 heterocycles. The Bertz CT molecular complexity index is 1130. The molecule has 1 fully saturated rings. The van der Waals surface area contributed by atoms with Gasteiger partial charge in [-0.1, -0.05) is 37.1 Å². The minimum absolute atomic E-state index is 0.197. The highest BCUT2D eigenvalue weighted by molar-refractivity contribution is 5.44. The molecular formula is C28H33N3O4. The minimum atomic E-state index is -0.624. The summed E-state index contributed by atoms with van der Waals surface area (Å²) in [5, 5.41) is 15.5. The fourth-order valence-electron chi connectivity index (χ4n) is 4.11. The van der Waals surface area contributed by atoms with Crippen molar-refractivity contribution >= 4 is 0 Å². The molecule has 1 aliphatic carbocycles. The molecule has 7 heteroatoms. The predicted molar refractivity (Wildman–Crippen MR) is 135 cm³/mol. The topological polar surface area (TPSA) is 69.0 Å². The van der Waals surface area contributed by atoms with Crippen LogP contribution in [0.4, 0.5) is 0 Å². The number of aryl methyl sites for hydroxylation is 1. The summed E-state index contributed by atoms with van der Waals surface area (Å²) in [6, 6.07) is 18.0. The van der Waals surface area contributed by atoms with E-state index in [2.05, 4.69) is 17.7 Å². The Balaban J connectivity index is 1.67. The lowest BCUT2D eigenvalue weighted by Crippen LogP contribution is -2.36. The zero-order valence-corrected chi connectivity index (χ0v) is 20.4. The molecule has 7 nitrogen and oxygen atoms in total. The van der Waals surface area contributed by atoms with Gasteiger partial charge in [-0.2, -0.15) is 5.10 Å². The maximum Gasteiger partial charge on any atom is 0.227 e. The van der Waals surface area contributed by atoms with Crippen molar-refractivity contribution in [1.29, 1.82) is 0 Å².